The van der Waals surface area contributed by atoms with Crippen LogP contribution < -0.4 is 10.2 Å². The summed E-state index contributed by atoms with van der Waals surface area (Å²) < 4.78 is 28.0. The molecule has 1 amide bonds. The first-order valence-electron chi connectivity index (χ1n) is 10.3. The zero-order valence-electron chi connectivity index (χ0n) is 17.6. The van der Waals surface area contributed by atoms with Crippen LogP contribution in [0.1, 0.15) is 20.8 Å². The van der Waals surface area contributed by atoms with Gasteiger partial charge < -0.3 is 10.2 Å². The van der Waals surface area contributed by atoms with Gasteiger partial charge in [-0.05, 0) is 48.2 Å². The Hall–Kier alpha value is -2.39. The standard InChI is InChI=1S/C23H24ClN3O3S2/c1-17-2-4-18(5-3-17)16-25-23(28)22-21(10-15-31-22)32(29,30)27-13-11-26(12-14-27)20-8-6-19(24)7-9-20/h2-10,15H,11-14,16H2,1H3,(H,25,28). The van der Waals surface area contributed by atoms with E-state index in [2.05, 4.69) is 10.2 Å². The molecule has 0 bridgehead atoms. The second kappa shape index (κ2) is 9.62. The molecule has 0 spiro atoms. The monoisotopic (exact) mass is 489 g/mol. The number of hydrogen-bond acceptors (Lipinski definition) is 5. The van der Waals surface area contributed by atoms with Crippen molar-refractivity contribution in [2.45, 2.75) is 18.4 Å². The predicted molar refractivity (Wildman–Crippen MR) is 129 cm³/mol. The molecule has 2 heterocycles. The third-order valence-corrected chi connectivity index (χ3v) is 8.69. The summed E-state index contributed by atoms with van der Waals surface area (Å²) in [5.74, 6) is -0.376. The van der Waals surface area contributed by atoms with Gasteiger partial charge in [-0.15, -0.1) is 11.3 Å². The Kier molecular flexibility index (Phi) is 6.85. The molecule has 0 unspecified atom stereocenters. The third kappa shape index (κ3) is 4.99. The van der Waals surface area contributed by atoms with Crippen molar-refractivity contribution >= 4 is 44.6 Å². The van der Waals surface area contributed by atoms with E-state index in [0.717, 1.165) is 28.2 Å². The normalized spacial score (nSPS) is 15.0. The maximum atomic E-state index is 13.3. The van der Waals surface area contributed by atoms with Gasteiger partial charge in [-0.25, -0.2) is 8.42 Å². The summed E-state index contributed by atoms with van der Waals surface area (Å²) in [4.78, 5) is 15.2. The summed E-state index contributed by atoms with van der Waals surface area (Å²) in [6.07, 6.45) is 0. The van der Waals surface area contributed by atoms with Crippen molar-refractivity contribution in [1.29, 1.82) is 0 Å². The van der Waals surface area contributed by atoms with Crippen molar-refractivity contribution in [2.75, 3.05) is 31.1 Å². The summed E-state index contributed by atoms with van der Waals surface area (Å²) in [6.45, 7) is 4.19. The van der Waals surface area contributed by atoms with Gasteiger partial charge in [0, 0.05) is 43.4 Å². The minimum absolute atomic E-state index is 0.0730. The number of rotatable bonds is 6. The number of carbonyl (C=O) groups excluding carboxylic acids is 1. The lowest BCUT2D eigenvalue weighted by Gasteiger charge is -2.35. The zero-order valence-corrected chi connectivity index (χ0v) is 20.0. The average Bonchev–Trinajstić information content (AvgIpc) is 3.30. The van der Waals surface area contributed by atoms with Crippen LogP contribution in [0.25, 0.3) is 0 Å². The van der Waals surface area contributed by atoms with E-state index in [-0.39, 0.29) is 15.7 Å². The van der Waals surface area contributed by atoms with Crippen LogP contribution in [-0.4, -0.2) is 44.8 Å². The highest BCUT2D eigenvalue weighted by Gasteiger charge is 2.32. The molecule has 32 heavy (non-hydrogen) atoms. The van der Waals surface area contributed by atoms with E-state index in [0.29, 0.717) is 37.7 Å². The molecule has 1 saturated heterocycles. The van der Waals surface area contributed by atoms with Gasteiger partial charge in [-0.2, -0.15) is 4.31 Å². The number of nitrogens with one attached hydrogen (secondary N) is 1. The number of halogens is 1. The highest BCUT2D eigenvalue weighted by Crippen LogP contribution is 2.27. The molecule has 1 aromatic heterocycles. The Morgan fingerprint density at radius 2 is 1.66 bits per heavy atom. The fourth-order valence-electron chi connectivity index (χ4n) is 3.61. The molecule has 0 atom stereocenters. The molecule has 0 aliphatic carbocycles. The lowest BCUT2D eigenvalue weighted by Crippen LogP contribution is -2.48. The molecule has 0 radical (unpaired) electrons. The van der Waals surface area contributed by atoms with E-state index in [1.165, 1.54) is 10.4 Å². The highest BCUT2D eigenvalue weighted by atomic mass is 35.5. The van der Waals surface area contributed by atoms with Crippen LogP contribution in [0.5, 0.6) is 0 Å². The smallest absolute Gasteiger partial charge is 0.263 e. The minimum atomic E-state index is -3.76. The maximum Gasteiger partial charge on any atom is 0.263 e. The maximum absolute atomic E-state index is 13.3. The Labute approximate surface area is 197 Å². The van der Waals surface area contributed by atoms with Crippen molar-refractivity contribution in [3.05, 3.63) is 81.0 Å². The molecule has 1 N–H and O–H groups in total. The number of carbonyl (C=O) groups is 1. The molecule has 9 heteroatoms. The van der Waals surface area contributed by atoms with Crippen LogP contribution in [0.2, 0.25) is 5.02 Å². The Balaban J connectivity index is 1.42. The van der Waals surface area contributed by atoms with Crippen LogP contribution >= 0.6 is 22.9 Å². The number of sulfonamides is 1. The summed E-state index contributed by atoms with van der Waals surface area (Å²) in [5, 5.41) is 5.16. The summed E-state index contributed by atoms with van der Waals surface area (Å²) in [7, 11) is -3.76. The van der Waals surface area contributed by atoms with E-state index < -0.39 is 10.0 Å². The van der Waals surface area contributed by atoms with Crippen molar-refractivity contribution < 1.29 is 13.2 Å². The molecule has 168 valence electrons. The van der Waals surface area contributed by atoms with Gasteiger partial charge in [0.1, 0.15) is 9.77 Å². The van der Waals surface area contributed by atoms with Crippen molar-refractivity contribution in [1.82, 2.24) is 9.62 Å². The topological polar surface area (TPSA) is 69.7 Å². The average molecular weight is 490 g/mol. The molecule has 1 fully saturated rings. The fourth-order valence-corrected chi connectivity index (χ4v) is 6.48. The number of nitrogens with zero attached hydrogens (tertiary/aromatic N) is 2. The third-order valence-electron chi connectivity index (χ3n) is 5.46. The van der Waals surface area contributed by atoms with Gasteiger partial charge in [-0.3, -0.25) is 4.79 Å². The van der Waals surface area contributed by atoms with Crippen LogP contribution in [0.15, 0.2) is 64.9 Å². The van der Waals surface area contributed by atoms with Crippen LogP contribution in [0.4, 0.5) is 5.69 Å². The summed E-state index contributed by atoms with van der Waals surface area (Å²) in [5.41, 5.74) is 3.12. The quantitative estimate of drug-likeness (QED) is 0.564. The molecule has 3 aromatic rings. The van der Waals surface area contributed by atoms with Gasteiger partial charge in [0.2, 0.25) is 10.0 Å². The Morgan fingerprint density at radius 1 is 1.00 bits per heavy atom. The lowest BCUT2D eigenvalue weighted by atomic mass is 10.1. The van der Waals surface area contributed by atoms with Crippen LogP contribution in [-0.2, 0) is 16.6 Å². The second-order valence-electron chi connectivity index (χ2n) is 7.65. The van der Waals surface area contributed by atoms with Gasteiger partial charge in [0.05, 0.1) is 0 Å². The molecular weight excluding hydrogens is 466 g/mol. The van der Waals surface area contributed by atoms with Gasteiger partial charge in [0.25, 0.3) is 5.91 Å². The van der Waals surface area contributed by atoms with Gasteiger partial charge in [-0.1, -0.05) is 41.4 Å². The molecule has 4 rings (SSSR count). The highest BCUT2D eigenvalue weighted by molar-refractivity contribution is 7.89. The first-order chi connectivity index (χ1) is 15.3. The van der Waals surface area contributed by atoms with Crippen LogP contribution in [0.3, 0.4) is 0 Å². The first kappa shape index (κ1) is 22.8. The second-order valence-corrected chi connectivity index (χ2v) is 10.9. The largest absolute Gasteiger partial charge is 0.369 e. The summed E-state index contributed by atoms with van der Waals surface area (Å²) >= 11 is 7.10. The number of thiophene rings is 1. The first-order valence-corrected chi connectivity index (χ1v) is 13.0. The Bertz CT molecular complexity index is 1180. The Morgan fingerprint density at radius 3 is 2.31 bits per heavy atom. The van der Waals surface area contributed by atoms with Gasteiger partial charge in [0.15, 0.2) is 0 Å². The number of aryl methyl sites for hydroxylation is 1. The zero-order chi connectivity index (χ0) is 22.7. The van der Waals surface area contributed by atoms with Crippen molar-refractivity contribution in [2.24, 2.45) is 0 Å². The van der Waals surface area contributed by atoms with E-state index in [4.69, 9.17) is 11.6 Å². The van der Waals surface area contributed by atoms with E-state index in [1.807, 2.05) is 55.5 Å². The number of amides is 1. The predicted octanol–water partition coefficient (Wildman–Crippen LogP) is 4.15. The van der Waals surface area contributed by atoms with Crippen molar-refractivity contribution in [3.8, 4) is 0 Å². The number of hydrogen-bond donors (Lipinski definition) is 1. The molecule has 1 aliphatic rings. The molecule has 6 nitrogen and oxygen atoms in total. The number of anilines is 1. The van der Waals surface area contributed by atoms with E-state index >= 15 is 0 Å². The van der Waals surface area contributed by atoms with E-state index in [1.54, 1.807) is 5.38 Å². The minimum Gasteiger partial charge on any atom is -0.369 e. The van der Waals surface area contributed by atoms with E-state index in [9.17, 15) is 13.2 Å². The molecule has 1 aliphatic heterocycles. The fraction of sp³-hybridized carbons (Fsp3) is 0.261. The molecule has 2 aromatic carbocycles. The lowest BCUT2D eigenvalue weighted by molar-refractivity contribution is 0.0952. The summed E-state index contributed by atoms with van der Waals surface area (Å²) in [6, 6.07) is 16.9. The van der Waals surface area contributed by atoms with Gasteiger partial charge >= 0.3 is 0 Å². The van der Waals surface area contributed by atoms with Crippen molar-refractivity contribution in [3.63, 3.8) is 0 Å². The molecule has 0 saturated carbocycles. The van der Waals surface area contributed by atoms with Crippen LogP contribution in [0, 0.1) is 6.92 Å². The molecular formula is C23H24ClN3O3S2. The SMILES string of the molecule is Cc1ccc(CNC(=O)c2sccc2S(=O)(=O)N2CCN(c3ccc(Cl)cc3)CC2)cc1. The number of piperazine rings is 1. The number of benzene rings is 2.